The molecule has 0 aromatic carbocycles. The quantitative estimate of drug-likeness (QED) is 0.753. The van der Waals surface area contributed by atoms with Gasteiger partial charge in [0.25, 0.3) is 0 Å². The van der Waals surface area contributed by atoms with Crippen molar-refractivity contribution in [2.24, 2.45) is 5.92 Å². The fourth-order valence-electron chi connectivity index (χ4n) is 1.32. The monoisotopic (exact) mass is 249 g/mol. The Labute approximate surface area is 103 Å². The molecule has 1 aromatic heterocycles. The molecule has 0 bridgehead atoms. The fraction of sp³-hybridized carbons (Fsp3) is 0.727. The summed E-state index contributed by atoms with van der Waals surface area (Å²) >= 11 is 0. The maximum Gasteiger partial charge on any atom is 0.109 e. The van der Waals surface area contributed by atoms with Crippen LogP contribution in [0, 0.1) is 5.92 Å². The maximum atomic E-state index is 12.0. The molecule has 5 heteroatoms. The molecular formula is C11H21ClFN3. The van der Waals surface area contributed by atoms with E-state index < -0.39 is 0 Å². The molecule has 1 heterocycles. The first kappa shape index (κ1) is 15.4. The predicted molar refractivity (Wildman–Crippen MR) is 66.6 cm³/mol. The van der Waals surface area contributed by atoms with E-state index in [0.717, 1.165) is 24.7 Å². The van der Waals surface area contributed by atoms with Gasteiger partial charge in [0.05, 0.1) is 12.2 Å². The molecule has 0 saturated carbocycles. The number of halogens is 2. The van der Waals surface area contributed by atoms with Crippen LogP contribution in [0.1, 0.15) is 26.0 Å². The van der Waals surface area contributed by atoms with E-state index in [1.807, 2.05) is 12.3 Å². The van der Waals surface area contributed by atoms with Crippen molar-refractivity contribution in [1.82, 2.24) is 15.1 Å². The van der Waals surface area contributed by atoms with Crippen molar-refractivity contribution >= 4 is 12.4 Å². The highest BCUT2D eigenvalue weighted by atomic mass is 35.5. The molecular weight excluding hydrogens is 229 g/mol. The molecule has 3 nitrogen and oxygen atoms in total. The Balaban J connectivity index is 0.00000225. The largest absolute Gasteiger partial charge is 0.311 e. The number of alkyl halides is 1. The van der Waals surface area contributed by atoms with Gasteiger partial charge in [0.15, 0.2) is 0 Å². The third kappa shape index (κ3) is 6.08. The zero-order valence-corrected chi connectivity index (χ0v) is 10.8. The van der Waals surface area contributed by atoms with Crippen molar-refractivity contribution in [1.29, 1.82) is 0 Å². The number of hydrogen-bond acceptors (Lipinski definition) is 2. The van der Waals surface area contributed by atoms with E-state index >= 15 is 0 Å². The molecule has 0 saturated heterocycles. The van der Waals surface area contributed by atoms with Crippen molar-refractivity contribution in [3.05, 3.63) is 18.0 Å². The zero-order valence-electron chi connectivity index (χ0n) is 9.95. The summed E-state index contributed by atoms with van der Waals surface area (Å²) < 4.78 is 13.6. The third-order valence-corrected chi connectivity index (χ3v) is 2.21. The number of nitrogens with zero attached hydrogens (tertiary/aromatic N) is 2. The van der Waals surface area contributed by atoms with Gasteiger partial charge >= 0.3 is 0 Å². The Hall–Kier alpha value is -0.610. The molecule has 1 N–H and O–H groups in total. The van der Waals surface area contributed by atoms with Crippen LogP contribution in [0.25, 0.3) is 0 Å². The Morgan fingerprint density at radius 2 is 2.25 bits per heavy atom. The maximum absolute atomic E-state index is 12.0. The van der Waals surface area contributed by atoms with Crippen LogP contribution in [-0.2, 0) is 13.1 Å². The Bertz CT molecular complexity index is 276. The van der Waals surface area contributed by atoms with Crippen molar-refractivity contribution < 1.29 is 4.39 Å². The van der Waals surface area contributed by atoms with E-state index in [1.165, 1.54) is 6.42 Å². The SMILES string of the molecule is CC(C)CCNCc1ccn(CCF)n1.Cl. The van der Waals surface area contributed by atoms with Gasteiger partial charge < -0.3 is 5.32 Å². The van der Waals surface area contributed by atoms with Crippen molar-refractivity contribution in [2.45, 2.75) is 33.4 Å². The van der Waals surface area contributed by atoms with E-state index in [1.54, 1.807) is 4.68 Å². The minimum absolute atomic E-state index is 0. The standard InChI is InChI=1S/C11H20FN3.ClH/c1-10(2)3-6-13-9-11-4-7-15(14-11)8-5-12;/h4,7,10,13H,3,5-6,8-9H2,1-2H3;1H. The average molecular weight is 250 g/mol. The Kier molecular flexibility index (Phi) is 8.21. The smallest absolute Gasteiger partial charge is 0.109 e. The number of nitrogens with one attached hydrogen (secondary N) is 1. The minimum atomic E-state index is -0.359. The van der Waals surface area contributed by atoms with Crippen LogP contribution in [0.3, 0.4) is 0 Å². The van der Waals surface area contributed by atoms with Gasteiger partial charge in [0, 0.05) is 12.7 Å². The molecule has 0 fully saturated rings. The molecule has 0 spiro atoms. The summed E-state index contributed by atoms with van der Waals surface area (Å²) in [6.45, 7) is 6.18. The summed E-state index contributed by atoms with van der Waals surface area (Å²) in [5.41, 5.74) is 0.979. The second kappa shape index (κ2) is 8.53. The first-order valence-electron chi connectivity index (χ1n) is 5.51. The molecule has 0 aliphatic heterocycles. The topological polar surface area (TPSA) is 29.9 Å². The number of hydrogen-bond donors (Lipinski definition) is 1. The van der Waals surface area contributed by atoms with Gasteiger partial charge in [-0.1, -0.05) is 13.8 Å². The van der Waals surface area contributed by atoms with E-state index in [0.29, 0.717) is 6.54 Å². The van der Waals surface area contributed by atoms with Crippen molar-refractivity contribution in [3.63, 3.8) is 0 Å². The summed E-state index contributed by atoms with van der Waals surface area (Å²) in [7, 11) is 0. The Morgan fingerprint density at radius 3 is 2.88 bits per heavy atom. The summed E-state index contributed by atoms with van der Waals surface area (Å²) in [4.78, 5) is 0. The lowest BCUT2D eigenvalue weighted by molar-refractivity contribution is 0.424. The molecule has 0 aliphatic rings. The molecule has 0 radical (unpaired) electrons. The lowest BCUT2D eigenvalue weighted by Gasteiger charge is -2.04. The third-order valence-electron chi connectivity index (χ3n) is 2.21. The molecule has 0 unspecified atom stereocenters. The van der Waals surface area contributed by atoms with Crippen LogP contribution in [-0.4, -0.2) is 23.0 Å². The van der Waals surface area contributed by atoms with Gasteiger partial charge in [0.2, 0.25) is 0 Å². The van der Waals surface area contributed by atoms with E-state index in [4.69, 9.17) is 0 Å². The lowest BCUT2D eigenvalue weighted by Crippen LogP contribution is -2.16. The lowest BCUT2D eigenvalue weighted by atomic mass is 10.1. The molecule has 94 valence electrons. The highest BCUT2D eigenvalue weighted by molar-refractivity contribution is 5.85. The van der Waals surface area contributed by atoms with Crippen molar-refractivity contribution in [2.75, 3.05) is 13.2 Å². The van der Waals surface area contributed by atoms with Crippen LogP contribution >= 0.6 is 12.4 Å². The Morgan fingerprint density at radius 1 is 1.50 bits per heavy atom. The molecule has 0 aliphatic carbocycles. The van der Waals surface area contributed by atoms with Crippen LogP contribution in [0.4, 0.5) is 4.39 Å². The second-order valence-corrected chi connectivity index (χ2v) is 4.12. The van der Waals surface area contributed by atoms with Crippen LogP contribution in [0.2, 0.25) is 0 Å². The summed E-state index contributed by atoms with van der Waals surface area (Å²) in [5.74, 6) is 0.724. The van der Waals surface area contributed by atoms with Gasteiger partial charge in [-0.05, 0) is 24.9 Å². The van der Waals surface area contributed by atoms with Gasteiger partial charge in [-0.15, -0.1) is 12.4 Å². The molecule has 0 amide bonds. The van der Waals surface area contributed by atoms with E-state index in [9.17, 15) is 4.39 Å². The van der Waals surface area contributed by atoms with Crippen LogP contribution < -0.4 is 5.32 Å². The van der Waals surface area contributed by atoms with Gasteiger partial charge in [0.1, 0.15) is 6.67 Å². The number of rotatable bonds is 7. The van der Waals surface area contributed by atoms with Gasteiger partial charge in [-0.3, -0.25) is 4.68 Å². The number of aromatic nitrogens is 2. The normalized spacial score (nSPS) is 10.5. The van der Waals surface area contributed by atoms with Crippen molar-refractivity contribution in [3.8, 4) is 0 Å². The summed E-state index contributed by atoms with van der Waals surface area (Å²) in [6.07, 6.45) is 2.99. The molecule has 16 heavy (non-hydrogen) atoms. The van der Waals surface area contributed by atoms with Crippen LogP contribution in [0.15, 0.2) is 12.3 Å². The average Bonchev–Trinajstić information content (AvgIpc) is 2.61. The predicted octanol–water partition coefficient (Wildman–Crippen LogP) is 2.41. The zero-order chi connectivity index (χ0) is 11.1. The number of aryl methyl sites for hydroxylation is 1. The van der Waals surface area contributed by atoms with Gasteiger partial charge in [-0.2, -0.15) is 5.10 Å². The highest BCUT2D eigenvalue weighted by Crippen LogP contribution is 1.98. The van der Waals surface area contributed by atoms with Crippen LogP contribution in [0.5, 0.6) is 0 Å². The second-order valence-electron chi connectivity index (χ2n) is 4.12. The first-order valence-corrected chi connectivity index (χ1v) is 5.51. The van der Waals surface area contributed by atoms with E-state index in [2.05, 4.69) is 24.3 Å². The van der Waals surface area contributed by atoms with E-state index in [-0.39, 0.29) is 19.1 Å². The molecule has 0 atom stereocenters. The highest BCUT2D eigenvalue weighted by Gasteiger charge is 1.99. The minimum Gasteiger partial charge on any atom is -0.311 e. The first-order chi connectivity index (χ1) is 7.22. The van der Waals surface area contributed by atoms with Gasteiger partial charge in [-0.25, -0.2) is 4.39 Å². The molecule has 1 aromatic rings. The molecule has 1 rings (SSSR count). The summed E-state index contributed by atoms with van der Waals surface area (Å²) in [6, 6.07) is 1.93. The fourth-order valence-corrected chi connectivity index (χ4v) is 1.32. The summed E-state index contributed by atoms with van der Waals surface area (Å²) in [5, 5.41) is 7.55.